The Bertz CT molecular complexity index is 256. The highest BCUT2D eigenvalue weighted by Crippen LogP contribution is 2.13. The summed E-state index contributed by atoms with van der Waals surface area (Å²) in [6.45, 7) is 2.51. The van der Waals surface area contributed by atoms with Crippen LogP contribution in [0.4, 0.5) is 0 Å². The minimum atomic E-state index is 0. The van der Waals surface area contributed by atoms with Crippen molar-refractivity contribution in [3.8, 4) is 5.75 Å². The smallest absolute Gasteiger partial charge is 0.138 e. The third kappa shape index (κ3) is 4.31. The van der Waals surface area contributed by atoms with Crippen LogP contribution >= 0.6 is 24.8 Å². The van der Waals surface area contributed by atoms with Crippen molar-refractivity contribution in [1.82, 2.24) is 10.3 Å². The minimum absolute atomic E-state index is 0. The SMILES string of the molecule is CNCc1nc(C)ccc1O.Cl.Cl. The number of aromatic nitrogens is 1. The molecule has 1 aromatic rings. The molecule has 0 aliphatic rings. The van der Waals surface area contributed by atoms with Crippen LogP contribution in [0, 0.1) is 6.92 Å². The Labute approximate surface area is 90.4 Å². The Morgan fingerprint density at radius 1 is 1.38 bits per heavy atom. The molecule has 2 N–H and O–H groups in total. The van der Waals surface area contributed by atoms with E-state index >= 15 is 0 Å². The highest BCUT2D eigenvalue weighted by molar-refractivity contribution is 5.85. The van der Waals surface area contributed by atoms with Gasteiger partial charge in [0.1, 0.15) is 5.75 Å². The Kier molecular flexibility index (Phi) is 8.01. The van der Waals surface area contributed by atoms with E-state index in [-0.39, 0.29) is 30.6 Å². The molecule has 5 heteroatoms. The topological polar surface area (TPSA) is 45.2 Å². The van der Waals surface area contributed by atoms with E-state index in [1.54, 1.807) is 12.1 Å². The van der Waals surface area contributed by atoms with Gasteiger partial charge in [-0.15, -0.1) is 24.8 Å². The van der Waals surface area contributed by atoms with Crippen molar-refractivity contribution in [2.24, 2.45) is 0 Å². The Morgan fingerprint density at radius 2 is 2.00 bits per heavy atom. The first-order chi connectivity index (χ1) is 5.24. The van der Waals surface area contributed by atoms with Crippen molar-refractivity contribution in [3.05, 3.63) is 23.5 Å². The molecule has 0 unspecified atom stereocenters. The molecule has 0 spiro atoms. The summed E-state index contributed by atoms with van der Waals surface area (Å²) in [6.07, 6.45) is 0. The Balaban J connectivity index is 0. The summed E-state index contributed by atoms with van der Waals surface area (Å²) in [6, 6.07) is 3.45. The molecule has 0 saturated heterocycles. The van der Waals surface area contributed by atoms with Crippen molar-refractivity contribution in [1.29, 1.82) is 0 Å². The lowest BCUT2D eigenvalue weighted by molar-refractivity contribution is 0.461. The normalized spacial score (nSPS) is 8.46. The van der Waals surface area contributed by atoms with Gasteiger partial charge >= 0.3 is 0 Å². The molecule has 0 saturated carbocycles. The van der Waals surface area contributed by atoms with Gasteiger partial charge in [0, 0.05) is 12.2 Å². The fourth-order valence-electron chi connectivity index (χ4n) is 0.901. The third-order valence-electron chi connectivity index (χ3n) is 1.43. The van der Waals surface area contributed by atoms with Crippen molar-refractivity contribution in [3.63, 3.8) is 0 Å². The second-order valence-electron chi connectivity index (χ2n) is 2.45. The van der Waals surface area contributed by atoms with Crippen LogP contribution in [-0.4, -0.2) is 17.1 Å². The molecule has 0 fully saturated rings. The predicted octanol–water partition coefficient (Wildman–Crippen LogP) is 1.66. The summed E-state index contributed by atoms with van der Waals surface area (Å²) in [5, 5.41) is 12.2. The summed E-state index contributed by atoms with van der Waals surface area (Å²) in [5.41, 5.74) is 1.63. The molecule has 0 bridgehead atoms. The number of hydrogen-bond donors (Lipinski definition) is 2. The van der Waals surface area contributed by atoms with Crippen LogP contribution in [-0.2, 0) is 6.54 Å². The maximum Gasteiger partial charge on any atom is 0.138 e. The molecule has 1 rings (SSSR count). The predicted molar refractivity (Wildman–Crippen MR) is 57.9 cm³/mol. The highest BCUT2D eigenvalue weighted by Gasteiger charge is 1.99. The number of nitrogens with one attached hydrogen (secondary N) is 1. The molecule has 0 aromatic carbocycles. The molecular formula is C8H14Cl2N2O. The lowest BCUT2D eigenvalue weighted by Gasteiger charge is -2.02. The van der Waals surface area contributed by atoms with Gasteiger partial charge in [0.2, 0.25) is 0 Å². The molecule has 0 atom stereocenters. The standard InChI is InChI=1S/C8H12N2O.2ClH/c1-6-3-4-8(11)7(10-6)5-9-2;;/h3-4,9,11H,5H2,1-2H3;2*1H. The zero-order valence-corrected chi connectivity index (χ0v) is 9.21. The lowest BCUT2D eigenvalue weighted by Crippen LogP contribution is -2.07. The van der Waals surface area contributed by atoms with E-state index in [9.17, 15) is 5.11 Å². The summed E-state index contributed by atoms with van der Waals surface area (Å²) in [5.74, 6) is 0.255. The summed E-state index contributed by atoms with van der Waals surface area (Å²) in [4.78, 5) is 4.15. The number of aromatic hydroxyl groups is 1. The van der Waals surface area contributed by atoms with Gasteiger partial charge in [0.05, 0.1) is 5.69 Å². The maximum absolute atomic E-state index is 9.26. The molecule has 1 aromatic heterocycles. The van der Waals surface area contributed by atoms with E-state index in [1.165, 1.54) is 0 Å². The number of pyridine rings is 1. The van der Waals surface area contributed by atoms with Crippen LogP contribution in [0.15, 0.2) is 12.1 Å². The lowest BCUT2D eigenvalue weighted by atomic mass is 10.3. The average Bonchev–Trinajstić information content (AvgIpc) is 1.98. The van der Waals surface area contributed by atoms with Crippen molar-refractivity contribution in [2.75, 3.05) is 7.05 Å². The molecule has 13 heavy (non-hydrogen) atoms. The molecule has 1 heterocycles. The summed E-state index contributed by atoms with van der Waals surface area (Å²) in [7, 11) is 1.82. The highest BCUT2D eigenvalue weighted by atomic mass is 35.5. The Morgan fingerprint density at radius 3 is 2.54 bits per heavy atom. The van der Waals surface area contributed by atoms with Crippen LogP contribution in [0.2, 0.25) is 0 Å². The van der Waals surface area contributed by atoms with Crippen LogP contribution in [0.3, 0.4) is 0 Å². The molecule has 3 nitrogen and oxygen atoms in total. The number of nitrogens with zero attached hydrogens (tertiary/aromatic N) is 1. The number of rotatable bonds is 2. The van der Waals surface area contributed by atoms with Gasteiger partial charge in [-0.05, 0) is 26.1 Å². The molecule has 0 radical (unpaired) electrons. The van der Waals surface area contributed by atoms with Crippen molar-refractivity contribution in [2.45, 2.75) is 13.5 Å². The van der Waals surface area contributed by atoms with Crippen LogP contribution < -0.4 is 5.32 Å². The van der Waals surface area contributed by atoms with Gasteiger partial charge in [-0.1, -0.05) is 0 Å². The van der Waals surface area contributed by atoms with E-state index in [0.29, 0.717) is 12.2 Å². The van der Waals surface area contributed by atoms with Gasteiger partial charge in [-0.25, -0.2) is 0 Å². The largest absolute Gasteiger partial charge is 0.506 e. The van der Waals surface area contributed by atoms with E-state index < -0.39 is 0 Å². The van der Waals surface area contributed by atoms with Gasteiger partial charge < -0.3 is 10.4 Å². The van der Waals surface area contributed by atoms with Gasteiger partial charge in [0.25, 0.3) is 0 Å². The van der Waals surface area contributed by atoms with Crippen LogP contribution in [0.5, 0.6) is 5.75 Å². The van der Waals surface area contributed by atoms with Crippen molar-refractivity contribution < 1.29 is 5.11 Å². The first-order valence-corrected chi connectivity index (χ1v) is 3.54. The van der Waals surface area contributed by atoms with Gasteiger partial charge in [-0.3, -0.25) is 4.98 Å². The number of aryl methyl sites for hydroxylation is 1. The second-order valence-corrected chi connectivity index (χ2v) is 2.45. The number of hydrogen-bond acceptors (Lipinski definition) is 3. The fraction of sp³-hybridized carbons (Fsp3) is 0.375. The fourth-order valence-corrected chi connectivity index (χ4v) is 0.901. The van der Waals surface area contributed by atoms with E-state index in [1.807, 2.05) is 14.0 Å². The van der Waals surface area contributed by atoms with E-state index in [4.69, 9.17) is 0 Å². The first kappa shape index (κ1) is 15.0. The third-order valence-corrected chi connectivity index (χ3v) is 1.43. The van der Waals surface area contributed by atoms with E-state index in [2.05, 4.69) is 10.3 Å². The summed E-state index contributed by atoms with van der Waals surface area (Å²) < 4.78 is 0. The maximum atomic E-state index is 9.26. The van der Waals surface area contributed by atoms with Crippen LogP contribution in [0.25, 0.3) is 0 Å². The zero-order chi connectivity index (χ0) is 8.27. The van der Waals surface area contributed by atoms with E-state index in [0.717, 1.165) is 5.69 Å². The Hall–Kier alpha value is -0.510. The molecule has 76 valence electrons. The molecule has 0 aliphatic carbocycles. The molecule has 0 aliphatic heterocycles. The summed E-state index contributed by atoms with van der Waals surface area (Å²) >= 11 is 0. The van der Waals surface area contributed by atoms with Gasteiger partial charge in [0.15, 0.2) is 0 Å². The first-order valence-electron chi connectivity index (χ1n) is 3.54. The average molecular weight is 225 g/mol. The van der Waals surface area contributed by atoms with Crippen molar-refractivity contribution >= 4 is 24.8 Å². The zero-order valence-electron chi connectivity index (χ0n) is 7.57. The molecular weight excluding hydrogens is 211 g/mol. The molecule has 0 amide bonds. The number of halogens is 2. The van der Waals surface area contributed by atoms with Gasteiger partial charge in [-0.2, -0.15) is 0 Å². The second kappa shape index (κ2) is 6.95. The van der Waals surface area contributed by atoms with Crippen LogP contribution in [0.1, 0.15) is 11.4 Å². The quantitative estimate of drug-likeness (QED) is 0.804. The minimum Gasteiger partial charge on any atom is -0.506 e. The monoisotopic (exact) mass is 224 g/mol.